The second kappa shape index (κ2) is 31.5. The second-order valence-electron chi connectivity index (χ2n) is 14.4. The number of benzene rings is 2. The van der Waals surface area contributed by atoms with Gasteiger partial charge in [0.05, 0.1) is 0 Å². The summed E-state index contributed by atoms with van der Waals surface area (Å²) in [5.74, 6) is 0. The van der Waals surface area contributed by atoms with Gasteiger partial charge in [-0.15, -0.1) is 0 Å². The normalized spacial score (nSPS) is 12.2. The van der Waals surface area contributed by atoms with Gasteiger partial charge in [0.2, 0.25) is 11.4 Å². The topological polar surface area (TPSA) is 25.3 Å². The monoisotopic (exact) mass is 741 g/mol. The van der Waals surface area contributed by atoms with Crippen LogP contribution in [0.5, 0.6) is 0 Å². The quantitative estimate of drug-likeness (QED) is 0.0469. The molecule has 1 heterocycles. The minimum Gasteiger partial charge on any atom is -0.493 e. The maximum Gasteiger partial charge on any atom is 2.00 e. The first-order valence-electron chi connectivity index (χ1n) is 21.2. The third-order valence-corrected chi connectivity index (χ3v) is 9.51. The van der Waals surface area contributed by atoms with Gasteiger partial charge in [-0.3, -0.25) is 0 Å². The Morgan fingerprint density at radius 3 is 1.18 bits per heavy atom. The van der Waals surface area contributed by atoms with Gasteiger partial charge in [0.25, 0.3) is 0 Å². The van der Waals surface area contributed by atoms with Crippen LogP contribution < -0.4 is 0 Å². The standard InChI is InChI=1S/C40H60N2.2C4H9.Ni/c1-6-11-16-17-18-19-24-36-31-39(37-27-32(20-12-7-2)25-33(28-37)21-13-8-3)42(41)40(36)38-29-34(22-14-9-4)26-35(30-38)23-15-10-5;2*1-3-4-2;/h25-31H,6-24H2,1-5H3;2*1,3-4H2,2H3;/q;2*-1;+2. The molecule has 0 atom stereocenters. The van der Waals surface area contributed by atoms with Crippen molar-refractivity contribution >= 4 is 11.4 Å². The summed E-state index contributed by atoms with van der Waals surface area (Å²) in [5.41, 5.74) is 23.2. The minimum absolute atomic E-state index is 0. The number of hydrogen-bond donors (Lipinski definition) is 0. The number of hydrogen-bond acceptors (Lipinski definition) is 0. The number of rotatable bonds is 23. The Kier molecular flexibility index (Phi) is 30.3. The Bertz CT molecular complexity index is 1190. The van der Waals surface area contributed by atoms with Crippen LogP contribution >= 0.6 is 0 Å². The van der Waals surface area contributed by atoms with Crippen LogP contribution in [0.25, 0.3) is 16.9 Å². The van der Waals surface area contributed by atoms with Crippen LogP contribution in [-0.2, 0) is 42.2 Å². The molecular formula is C48H78N2Ni. The SMILES string of the molecule is CCCCCCCCC1=C(c2cc(CCCC)cc(CCCC)c2)[N+](=[N-])C(c2cc(CCCC)cc(CCCC)c2)=C1.[CH2-]CCC.[CH2-]CCC.[Ni+2]. The van der Waals surface area contributed by atoms with E-state index < -0.39 is 0 Å². The maximum atomic E-state index is 12.0. The van der Waals surface area contributed by atoms with E-state index in [1.165, 1.54) is 142 Å². The summed E-state index contributed by atoms with van der Waals surface area (Å²) >= 11 is 0. The van der Waals surface area contributed by atoms with E-state index in [4.69, 9.17) is 0 Å². The van der Waals surface area contributed by atoms with E-state index in [-0.39, 0.29) is 16.5 Å². The predicted molar refractivity (Wildman–Crippen MR) is 224 cm³/mol. The molecule has 0 saturated heterocycles. The van der Waals surface area contributed by atoms with E-state index in [0.717, 1.165) is 56.3 Å². The Balaban J connectivity index is 0.00000251. The van der Waals surface area contributed by atoms with Gasteiger partial charge in [-0.25, -0.2) is 4.70 Å². The van der Waals surface area contributed by atoms with Crippen LogP contribution in [-0.4, -0.2) is 4.70 Å². The Labute approximate surface area is 328 Å². The van der Waals surface area contributed by atoms with Crippen molar-refractivity contribution in [3.8, 4) is 0 Å². The van der Waals surface area contributed by atoms with Crippen molar-refractivity contribution in [1.29, 1.82) is 0 Å². The third kappa shape index (κ3) is 19.6. The van der Waals surface area contributed by atoms with Crippen LogP contribution in [0.15, 0.2) is 48.0 Å². The van der Waals surface area contributed by atoms with Gasteiger partial charge in [0, 0.05) is 22.8 Å². The van der Waals surface area contributed by atoms with Gasteiger partial charge in [-0.1, -0.05) is 131 Å². The van der Waals surface area contributed by atoms with Crippen molar-refractivity contribution in [1.82, 2.24) is 0 Å². The van der Waals surface area contributed by atoms with E-state index in [0.29, 0.717) is 0 Å². The molecule has 0 saturated carbocycles. The summed E-state index contributed by atoms with van der Waals surface area (Å²) in [7, 11) is 0. The summed E-state index contributed by atoms with van der Waals surface area (Å²) in [6.45, 7) is 22.8. The predicted octanol–water partition coefficient (Wildman–Crippen LogP) is 15.8. The van der Waals surface area contributed by atoms with Crippen LogP contribution in [0, 0.1) is 13.8 Å². The fraction of sp³-hybridized carbons (Fsp3) is 0.625. The molecular weight excluding hydrogens is 663 g/mol. The van der Waals surface area contributed by atoms with Crippen molar-refractivity contribution in [2.24, 2.45) is 0 Å². The molecule has 2 nitrogen and oxygen atoms in total. The minimum atomic E-state index is 0. The molecule has 1 aliphatic rings. The molecule has 0 aliphatic carbocycles. The van der Waals surface area contributed by atoms with Crippen LogP contribution in [0.3, 0.4) is 0 Å². The molecule has 0 unspecified atom stereocenters. The third-order valence-electron chi connectivity index (χ3n) is 9.51. The van der Waals surface area contributed by atoms with Gasteiger partial charge >= 0.3 is 16.5 Å². The molecule has 0 fully saturated rings. The van der Waals surface area contributed by atoms with Crippen molar-refractivity contribution in [2.45, 2.75) is 196 Å². The van der Waals surface area contributed by atoms with E-state index in [2.05, 4.69) is 105 Å². The number of aryl methyl sites for hydroxylation is 4. The van der Waals surface area contributed by atoms with Gasteiger partial charge in [0.15, 0.2) is 0 Å². The van der Waals surface area contributed by atoms with Crippen molar-refractivity contribution in [3.63, 3.8) is 0 Å². The van der Waals surface area contributed by atoms with Gasteiger partial charge in [-0.2, -0.15) is 12.8 Å². The van der Waals surface area contributed by atoms with E-state index >= 15 is 0 Å². The smallest absolute Gasteiger partial charge is 0.493 e. The van der Waals surface area contributed by atoms with E-state index in [1.54, 1.807) is 4.70 Å². The Morgan fingerprint density at radius 2 is 0.804 bits per heavy atom. The molecule has 0 radical (unpaired) electrons. The van der Waals surface area contributed by atoms with E-state index in [1.807, 2.05) is 0 Å². The van der Waals surface area contributed by atoms with Crippen LogP contribution in [0.1, 0.15) is 204 Å². The molecule has 0 N–H and O–H groups in total. The first-order chi connectivity index (χ1) is 24.4. The summed E-state index contributed by atoms with van der Waals surface area (Å²) < 4.78 is 1.55. The number of unbranched alkanes of at least 4 members (excludes halogenated alkanes) is 11. The summed E-state index contributed by atoms with van der Waals surface area (Å²) in [5, 5.41) is 0. The fourth-order valence-corrected chi connectivity index (χ4v) is 6.26. The van der Waals surface area contributed by atoms with Gasteiger partial charge in [-0.05, 0) is 111 Å². The molecule has 1 aliphatic heterocycles. The first-order valence-corrected chi connectivity index (χ1v) is 21.2. The molecule has 0 bridgehead atoms. The molecule has 0 aromatic heterocycles. The summed E-state index contributed by atoms with van der Waals surface area (Å²) in [6, 6.07) is 14.3. The molecule has 0 amide bonds. The summed E-state index contributed by atoms with van der Waals surface area (Å²) in [6.07, 6.45) is 29.6. The van der Waals surface area contributed by atoms with Gasteiger partial charge in [0.1, 0.15) is 0 Å². The zero-order valence-electron chi connectivity index (χ0n) is 34.4. The first kappa shape index (κ1) is 49.0. The Morgan fingerprint density at radius 1 is 0.451 bits per heavy atom. The van der Waals surface area contributed by atoms with E-state index in [9.17, 15) is 5.53 Å². The molecule has 2 aromatic carbocycles. The Hall–Kier alpha value is -1.99. The molecule has 290 valence electrons. The average molecular weight is 742 g/mol. The average Bonchev–Trinajstić information content (AvgIpc) is 3.48. The van der Waals surface area contributed by atoms with Crippen molar-refractivity contribution in [3.05, 3.63) is 101 Å². The maximum absolute atomic E-state index is 12.0. The van der Waals surface area contributed by atoms with Crippen LogP contribution in [0.4, 0.5) is 0 Å². The molecule has 3 heteroatoms. The zero-order chi connectivity index (χ0) is 37.0. The van der Waals surface area contributed by atoms with Crippen molar-refractivity contribution in [2.75, 3.05) is 0 Å². The number of allylic oxidation sites excluding steroid dienone is 2. The molecule has 3 rings (SSSR count). The largest absolute Gasteiger partial charge is 2.00 e. The second-order valence-corrected chi connectivity index (χ2v) is 14.4. The molecule has 0 spiro atoms. The summed E-state index contributed by atoms with van der Waals surface area (Å²) in [4.78, 5) is 0. The zero-order valence-corrected chi connectivity index (χ0v) is 35.4. The van der Waals surface area contributed by atoms with Crippen LogP contribution in [0.2, 0.25) is 0 Å². The van der Waals surface area contributed by atoms with Gasteiger partial charge < -0.3 is 19.4 Å². The molecule has 51 heavy (non-hydrogen) atoms. The van der Waals surface area contributed by atoms with Crippen molar-refractivity contribution < 1.29 is 21.2 Å². The fourth-order valence-electron chi connectivity index (χ4n) is 6.26. The molecule has 2 aromatic rings. The number of nitrogens with zero attached hydrogens (tertiary/aromatic N) is 2.